The van der Waals surface area contributed by atoms with E-state index < -0.39 is 36.8 Å². The molecule has 0 radical (unpaired) electrons. The van der Waals surface area contributed by atoms with Crippen molar-refractivity contribution in [2.45, 2.75) is 14.7 Å². The van der Waals surface area contributed by atoms with Gasteiger partial charge in [-0.1, -0.05) is 51.3 Å². The van der Waals surface area contributed by atoms with Crippen molar-refractivity contribution in [1.29, 1.82) is 0 Å². The van der Waals surface area contributed by atoms with Gasteiger partial charge in [-0.3, -0.25) is 0 Å². The fraction of sp³-hybridized carbons (Fsp3) is 0. The highest BCUT2D eigenvalue weighted by Gasteiger charge is 2.65. The highest BCUT2D eigenvalue weighted by atomic mass is 79.9. The Morgan fingerprint density at radius 2 is 1.36 bits per heavy atom. The monoisotopic (exact) mass is 528 g/mol. The fourth-order valence-electron chi connectivity index (χ4n) is 1.80. The number of hydrogen-bond donors (Lipinski definition) is 1. The van der Waals surface area contributed by atoms with E-state index in [0.29, 0.717) is 0 Å². The maximum Gasteiger partial charge on any atom is 0.335 e. The highest BCUT2D eigenvalue weighted by molar-refractivity contribution is 9.10. The van der Waals surface area contributed by atoms with E-state index in [9.17, 15) is 28.4 Å². The summed E-state index contributed by atoms with van der Waals surface area (Å²) in [6.07, 6.45) is 0. The van der Waals surface area contributed by atoms with Gasteiger partial charge < -0.3 is 5.11 Å². The molecule has 12 heteroatoms. The highest BCUT2D eigenvalue weighted by Crippen LogP contribution is 3.02. The zero-order chi connectivity index (χ0) is 19.3. The van der Waals surface area contributed by atoms with E-state index in [4.69, 9.17) is 5.11 Å². The first-order valence-corrected chi connectivity index (χ1v) is 10.8. The molecule has 0 aliphatic heterocycles. The first-order chi connectivity index (χ1) is 11.1. The Labute approximate surface area is 157 Å². The number of hydrogen-bond acceptors (Lipinski definition) is 2. The fourth-order valence-corrected chi connectivity index (χ4v) is 5.22. The minimum absolute atomic E-state index is 0.101. The summed E-state index contributed by atoms with van der Waals surface area (Å²) in [4.78, 5) is 8.13. The van der Waals surface area contributed by atoms with Crippen LogP contribution in [-0.4, -0.2) is 15.3 Å². The molecule has 1 N–H and O–H groups in total. The van der Waals surface area contributed by atoms with E-state index >= 15 is 0 Å². The van der Waals surface area contributed by atoms with E-state index in [-0.39, 0.29) is 31.5 Å². The third-order valence-electron chi connectivity index (χ3n) is 2.84. The molecule has 2 aromatic rings. The number of carboxylic acids is 1. The molecule has 2 aromatic carbocycles. The van der Waals surface area contributed by atoms with Crippen LogP contribution < -0.4 is 0 Å². The summed E-state index contributed by atoms with van der Waals surface area (Å²) in [7, 11) is -12.3. The SMILES string of the molecule is O=C(O)c1cc(Br)cc(S(=O)c2cc(Br)cc(S(F)(F)(F)(F)F)c2)c1. The topological polar surface area (TPSA) is 54.4 Å². The van der Waals surface area contributed by atoms with Crippen LogP contribution >= 0.6 is 42.1 Å². The molecule has 0 heterocycles. The van der Waals surface area contributed by atoms with Gasteiger partial charge in [-0.05, 0) is 36.4 Å². The van der Waals surface area contributed by atoms with Crippen LogP contribution in [-0.2, 0) is 10.8 Å². The van der Waals surface area contributed by atoms with E-state index in [2.05, 4.69) is 31.9 Å². The molecule has 1 unspecified atom stereocenters. The molecule has 3 nitrogen and oxygen atoms in total. The van der Waals surface area contributed by atoms with E-state index in [1.54, 1.807) is 0 Å². The van der Waals surface area contributed by atoms with Crippen molar-refractivity contribution in [2.75, 3.05) is 0 Å². The van der Waals surface area contributed by atoms with Gasteiger partial charge in [0.2, 0.25) is 0 Å². The Morgan fingerprint density at radius 1 is 0.880 bits per heavy atom. The van der Waals surface area contributed by atoms with E-state index in [1.807, 2.05) is 0 Å². The van der Waals surface area contributed by atoms with Crippen molar-refractivity contribution in [3.63, 3.8) is 0 Å². The first-order valence-electron chi connectivity index (χ1n) is 6.07. The Hall–Kier alpha value is -0.980. The third kappa shape index (κ3) is 5.02. The summed E-state index contributed by atoms with van der Waals surface area (Å²) in [5, 5.41) is 8.98. The number of rotatable bonds is 4. The quantitative estimate of drug-likeness (QED) is 0.446. The Balaban J connectivity index is 2.63. The maximum atomic E-state index is 13.0. The van der Waals surface area contributed by atoms with Gasteiger partial charge in [-0.15, -0.1) is 0 Å². The average molecular weight is 530 g/mol. The Bertz CT molecular complexity index is 916. The van der Waals surface area contributed by atoms with Crippen LogP contribution in [0, 0.1) is 0 Å². The lowest BCUT2D eigenvalue weighted by molar-refractivity contribution is 0.0696. The van der Waals surface area contributed by atoms with Crippen LogP contribution in [0.25, 0.3) is 0 Å². The molecule has 0 aliphatic rings. The zero-order valence-electron chi connectivity index (χ0n) is 11.7. The molecule has 0 bridgehead atoms. The predicted octanol–water partition coefficient (Wildman–Crippen LogP) is 6.73. The normalized spacial score (nSPS) is 16.0. The lowest BCUT2D eigenvalue weighted by Crippen LogP contribution is -2.07. The van der Waals surface area contributed by atoms with Gasteiger partial charge in [0.15, 0.2) is 0 Å². The number of carbonyl (C=O) groups is 1. The number of carboxylic acid groups (broad SMARTS) is 1. The van der Waals surface area contributed by atoms with Gasteiger partial charge in [0.25, 0.3) is 0 Å². The van der Waals surface area contributed by atoms with Gasteiger partial charge in [0, 0.05) is 18.7 Å². The van der Waals surface area contributed by atoms with Crippen molar-refractivity contribution in [3.8, 4) is 0 Å². The lowest BCUT2D eigenvalue weighted by Gasteiger charge is -2.40. The third-order valence-corrected chi connectivity index (χ3v) is 6.21. The van der Waals surface area contributed by atoms with Crippen LogP contribution in [0.5, 0.6) is 0 Å². The summed E-state index contributed by atoms with van der Waals surface area (Å²) in [5.74, 6) is -1.35. The van der Waals surface area contributed by atoms with Gasteiger partial charge in [0.05, 0.1) is 16.4 Å². The van der Waals surface area contributed by atoms with Gasteiger partial charge in [-0.2, -0.15) is 0 Å². The Morgan fingerprint density at radius 3 is 1.84 bits per heavy atom. The number of aromatic carboxylic acids is 1. The second-order valence-corrected chi connectivity index (χ2v) is 10.6. The van der Waals surface area contributed by atoms with Crippen LogP contribution in [0.2, 0.25) is 0 Å². The summed E-state index contributed by atoms with van der Waals surface area (Å²) < 4.78 is 77.4. The molecule has 1 atom stereocenters. The molecule has 0 fully saturated rings. The second-order valence-electron chi connectivity index (χ2n) is 4.84. The molecule has 25 heavy (non-hydrogen) atoms. The summed E-state index contributed by atoms with van der Waals surface area (Å²) >= 11 is 5.69. The molecule has 0 aliphatic carbocycles. The van der Waals surface area contributed by atoms with Crippen LogP contribution in [0.3, 0.4) is 0 Å². The minimum atomic E-state index is -9.97. The van der Waals surface area contributed by atoms with Crippen molar-refractivity contribution < 1.29 is 33.5 Å². The molecule has 0 amide bonds. The maximum absolute atomic E-state index is 13.0. The summed E-state index contributed by atoms with van der Waals surface area (Å²) in [6.45, 7) is 0. The van der Waals surface area contributed by atoms with Crippen molar-refractivity contribution in [3.05, 3.63) is 50.9 Å². The molecule has 0 saturated carbocycles. The number of halogens is 7. The van der Waals surface area contributed by atoms with Gasteiger partial charge in [-0.25, -0.2) is 9.00 Å². The van der Waals surface area contributed by atoms with E-state index in [1.165, 1.54) is 12.1 Å². The molecular formula is C13H7Br2F5O3S2. The standard InChI is InChI=1S/C13H7Br2F5O3S2/c14-8-1-7(13(21)22)2-10(3-8)24(23)11-4-9(15)5-12(6-11)25(16,17,18,19)20/h1-6H,(H,21,22). The van der Waals surface area contributed by atoms with Gasteiger partial charge in [0.1, 0.15) is 4.90 Å². The largest absolute Gasteiger partial charge is 0.478 e. The summed E-state index contributed by atoms with van der Waals surface area (Å²) in [5.41, 5.74) is -0.263. The van der Waals surface area contributed by atoms with Crippen molar-refractivity contribution >= 4 is 58.9 Å². The van der Waals surface area contributed by atoms with Crippen LogP contribution in [0.15, 0.2) is 60.0 Å². The zero-order valence-corrected chi connectivity index (χ0v) is 16.5. The molecular weight excluding hydrogens is 523 g/mol. The molecule has 0 saturated heterocycles. The van der Waals surface area contributed by atoms with Crippen molar-refractivity contribution in [1.82, 2.24) is 0 Å². The molecule has 138 valence electrons. The van der Waals surface area contributed by atoms with Crippen molar-refractivity contribution in [2.24, 2.45) is 0 Å². The number of benzene rings is 2. The second kappa shape index (κ2) is 5.76. The van der Waals surface area contributed by atoms with Crippen LogP contribution in [0.4, 0.5) is 19.4 Å². The van der Waals surface area contributed by atoms with Gasteiger partial charge >= 0.3 is 16.2 Å². The lowest BCUT2D eigenvalue weighted by atomic mass is 10.2. The average Bonchev–Trinajstić information content (AvgIpc) is 2.42. The molecule has 0 aromatic heterocycles. The predicted molar refractivity (Wildman–Crippen MR) is 91.3 cm³/mol. The Kier molecular flexibility index (Phi) is 4.68. The molecule has 0 spiro atoms. The smallest absolute Gasteiger partial charge is 0.335 e. The van der Waals surface area contributed by atoms with E-state index in [0.717, 1.165) is 12.1 Å². The van der Waals surface area contributed by atoms with Crippen LogP contribution in [0.1, 0.15) is 10.4 Å². The summed E-state index contributed by atoms with van der Waals surface area (Å²) in [6, 6.07) is 4.70. The first kappa shape index (κ1) is 20.3. The minimum Gasteiger partial charge on any atom is -0.478 e. The molecule has 2 rings (SSSR count).